The molecule has 4 nitrogen and oxygen atoms in total. The van der Waals surface area contributed by atoms with E-state index >= 15 is 0 Å². The van der Waals surface area contributed by atoms with E-state index in [1.54, 1.807) is 0 Å². The minimum Gasteiger partial charge on any atom is -0.466 e. The second kappa shape index (κ2) is 8.48. The maximum absolute atomic E-state index is 11.6. The lowest BCUT2D eigenvalue weighted by Crippen LogP contribution is -2.38. The van der Waals surface area contributed by atoms with E-state index in [4.69, 9.17) is 9.47 Å². The van der Waals surface area contributed by atoms with Crippen LogP contribution in [0.3, 0.4) is 0 Å². The summed E-state index contributed by atoms with van der Waals surface area (Å²) in [7, 11) is 0. The summed E-state index contributed by atoms with van der Waals surface area (Å²) in [6, 6.07) is 0. The molecular weight excluding hydrogens is 230 g/mol. The number of nitrogens with zero attached hydrogens (tertiary/aromatic N) is 1. The molecule has 1 saturated heterocycles. The second-order valence-electron chi connectivity index (χ2n) is 5.34. The van der Waals surface area contributed by atoms with Gasteiger partial charge in [-0.05, 0) is 38.8 Å². The first-order valence-electron chi connectivity index (χ1n) is 7.10. The molecule has 0 aliphatic carbocycles. The van der Waals surface area contributed by atoms with Crippen molar-refractivity contribution >= 4 is 5.97 Å². The maximum Gasteiger partial charge on any atom is 0.309 e. The van der Waals surface area contributed by atoms with Crippen LogP contribution >= 0.6 is 0 Å². The Morgan fingerprint density at radius 2 is 2.00 bits per heavy atom. The second-order valence-corrected chi connectivity index (χ2v) is 5.34. The van der Waals surface area contributed by atoms with Crippen molar-refractivity contribution in [1.29, 1.82) is 0 Å². The number of hydrogen-bond donors (Lipinski definition) is 0. The first-order chi connectivity index (χ1) is 8.63. The Morgan fingerprint density at radius 3 is 2.56 bits per heavy atom. The van der Waals surface area contributed by atoms with Gasteiger partial charge in [0.2, 0.25) is 0 Å². The van der Waals surface area contributed by atoms with Gasteiger partial charge in [-0.2, -0.15) is 0 Å². The Balaban J connectivity index is 2.10. The van der Waals surface area contributed by atoms with Crippen molar-refractivity contribution < 1.29 is 14.3 Å². The SMILES string of the molecule is CCOC(=O)C1CCN(CCOCC(C)C)CC1. The minimum atomic E-state index is -0.0202. The van der Waals surface area contributed by atoms with Gasteiger partial charge in [0.1, 0.15) is 0 Å². The summed E-state index contributed by atoms with van der Waals surface area (Å²) in [5, 5.41) is 0. The predicted octanol–water partition coefficient (Wildman–Crippen LogP) is 1.93. The van der Waals surface area contributed by atoms with Crippen LogP contribution in [-0.2, 0) is 14.3 Å². The van der Waals surface area contributed by atoms with Crippen molar-refractivity contribution in [3.05, 3.63) is 0 Å². The zero-order valence-electron chi connectivity index (χ0n) is 12.0. The highest BCUT2D eigenvalue weighted by atomic mass is 16.5. The fourth-order valence-electron chi connectivity index (χ4n) is 2.17. The van der Waals surface area contributed by atoms with Crippen molar-refractivity contribution in [2.45, 2.75) is 33.6 Å². The molecule has 106 valence electrons. The summed E-state index contributed by atoms with van der Waals surface area (Å²) in [5.41, 5.74) is 0. The zero-order chi connectivity index (χ0) is 13.4. The van der Waals surface area contributed by atoms with Crippen LogP contribution < -0.4 is 0 Å². The number of rotatable bonds is 7. The van der Waals surface area contributed by atoms with Crippen molar-refractivity contribution in [3.63, 3.8) is 0 Å². The Hall–Kier alpha value is -0.610. The Bertz CT molecular complexity index is 235. The molecule has 0 aromatic carbocycles. The topological polar surface area (TPSA) is 38.8 Å². The Morgan fingerprint density at radius 1 is 1.33 bits per heavy atom. The van der Waals surface area contributed by atoms with Gasteiger partial charge in [0, 0.05) is 13.2 Å². The van der Waals surface area contributed by atoms with Crippen molar-refractivity contribution in [2.24, 2.45) is 11.8 Å². The highest BCUT2D eigenvalue weighted by Crippen LogP contribution is 2.18. The lowest BCUT2D eigenvalue weighted by Gasteiger charge is -2.30. The highest BCUT2D eigenvalue weighted by molar-refractivity contribution is 5.72. The molecule has 0 saturated carbocycles. The zero-order valence-corrected chi connectivity index (χ0v) is 12.0. The third-order valence-electron chi connectivity index (χ3n) is 3.21. The van der Waals surface area contributed by atoms with Crippen LogP contribution in [0.25, 0.3) is 0 Å². The van der Waals surface area contributed by atoms with Crippen LogP contribution in [0, 0.1) is 11.8 Å². The molecule has 1 fully saturated rings. The van der Waals surface area contributed by atoms with Crippen LogP contribution in [0.15, 0.2) is 0 Å². The van der Waals surface area contributed by atoms with E-state index in [-0.39, 0.29) is 11.9 Å². The van der Waals surface area contributed by atoms with Crippen molar-refractivity contribution in [1.82, 2.24) is 4.90 Å². The first kappa shape index (κ1) is 15.4. The highest BCUT2D eigenvalue weighted by Gasteiger charge is 2.25. The van der Waals surface area contributed by atoms with Crippen LogP contribution in [0.4, 0.5) is 0 Å². The van der Waals surface area contributed by atoms with E-state index in [0.29, 0.717) is 12.5 Å². The third kappa shape index (κ3) is 5.83. The number of likely N-dealkylation sites (tertiary alicyclic amines) is 1. The molecule has 0 amide bonds. The van der Waals surface area contributed by atoms with Gasteiger partial charge < -0.3 is 14.4 Å². The lowest BCUT2D eigenvalue weighted by molar-refractivity contribution is -0.149. The average molecular weight is 257 g/mol. The molecule has 0 atom stereocenters. The van der Waals surface area contributed by atoms with Gasteiger partial charge in [0.25, 0.3) is 0 Å². The van der Waals surface area contributed by atoms with Crippen molar-refractivity contribution in [2.75, 3.05) is 39.5 Å². The molecule has 4 heteroatoms. The van der Waals surface area contributed by atoms with E-state index in [9.17, 15) is 4.79 Å². The number of ether oxygens (including phenoxy) is 2. The van der Waals surface area contributed by atoms with Gasteiger partial charge in [-0.15, -0.1) is 0 Å². The molecule has 0 radical (unpaired) electrons. The van der Waals surface area contributed by atoms with Crippen molar-refractivity contribution in [3.8, 4) is 0 Å². The van der Waals surface area contributed by atoms with Crippen LogP contribution in [-0.4, -0.2) is 50.3 Å². The first-order valence-corrected chi connectivity index (χ1v) is 7.10. The van der Waals surface area contributed by atoms with Gasteiger partial charge in [0.05, 0.1) is 19.1 Å². The van der Waals surface area contributed by atoms with Gasteiger partial charge >= 0.3 is 5.97 Å². The summed E-state index contributed by atoms with van der Waals surface area (Å²) in [6.07, 6.45) is 1.84. The van der Waals surface area contributed by atoms with Crippen LogP contribution in [0.2, 0.25) is 0 Å². The number of carbonyl (C=O) groups is 1. The largest absolute Gasteiger partial charge is 0.466 e. The predicted molar refractivity (Wildman–Crippen MR) is 71.5 cm³/mol. The smallest absolute Gasteiger partial charge is 0.309 e. The molecule has 0 spiro atoms. The van der Waals surface area contributed by atoms with Gasteiger partial charge in [-0.25, -0.2) is 0 Å². The van der Waals surface area contributed by atoms with E-state index in [2.05, 4.69) is 18.7 Å². The maximum atomic E-state index is 11.6. The third-order valence-corrected chi connectivity index (χ3v) is 3.21. The standard InChI is InChI=1S/C14H27NO3/c1-4-18-14(16)13-5-7-15(8-6-13)9-10-17-11-12(2)3/h12-13H,4-11H2,1-3H3. The summed E-state index contributed by atoms with van der Waals surface area (Å²) in [4.78, 5) is 13.9. The number of esters is 1. The number of hydrogen-bond acceptors (Lipinski definition) is 4. The average Bonchev–Trinajstić information content (AvgIpc) is 2.35. The molecule has 1 aliphatic rings. The van der Waals surface area contributed by atoms with E-state index in [0.717, 1.165) is 45.7 Å². The summed E-state index contributed by atoms with van der Waals surface area (Å²) in [6.45, 7) is 11.2. The van der Waals surface area contributed by atoms with E-state index in [1.165, 1.54) is 0 Å². The van der Waals surface area contributed by atoms with Gasteiger partial charge in [-0.1, -0.05) is 13.8 Å². The molecule has 0 unspecified atom stereocenters. The molecule has 18 heavy (non-hydrogen) atoms. The van der Waals surface area contributed by atoms with E-state index in [1.807, 2.05) is 6.92 Å². The molecule has 0 bridgehead atoms. The molecule has 0 aromatic rings. The Kier molecular flexibility index (Phi) is 7.28. The minimum absolute atomic E-state index is 0.0202. The quantitative estimate of drug-likeness (QED) is 0.516. The summed E-state index contributed by atoms with van der Waals surface area (Å²) in [5.74, 6) is 0.686. The lowest BCUT2D eigenvalue weighted by atomic mass is 9.97. The molecule has 1 rings (SSSR count). The fourth-order valence-corrected chi connectivity index (χ4v) is 2.17. The molecule has 0 aromatic heterocycles. The van der Waals surface area contributed by atoms with Crippen LogP contribution in [0.1, 0.15) is 33.6 Å². The monoisotopic (exact) mass is 257 g/mol. The molecule has 1 aliphatic heterocycles. The van der Waals surface area contributed by atoms with Crippen LogP contribution in [0.5, 0.6) is 0 Å². The molecule has 0 N–H and O–H groups in total. The van der Waals surface area contributed by atoms with Gasteiger partial charge in [-0.3, -0.25) is 4.79 Å². The number of carbonyl (C=O) groups excluding carboxylic acids is 1. The van der Waals surface area contributed by atoms with E-state index < -0.39 is 0 Å². The summed E-state index contributed by atoms with van der Waals surface area (Å²) < 4.78 is 10.6. The Labute approximate surface area is 111 Å². The molecule has 1 heterocycles. The normalized spacial score (nSPS) is 18.2. The summed E-state index contributed by atoms with van der Waals surface area (Å²) >= 11 is 0. The van der Waals surface area contributed by atoms with Gasteiger partial charge in [0.15, 0.2) is 0 Å². The molecular formula is C14H27NO3. The fraction of sp³-hybridized carbons (Fsp3) is 0.929. The number of piperidine rings is 1.